The van der Waals surface area contributed by atoms with Gasteiger partial charge in [0, 0.05) is 65.9 Å². The van der Waals surface area contributed by atoms with E-state index in [9.17, 15) is 8.42 Å². The normalized spacial score (nSPS) is 23.3. The highest BCUT2D eigenvalue weighted by Crippen LogP contribution is 2.28. The van der Waals surface area contributed by atoms with Gasteiger partial charge in [-0.15, -0.1) is 0 Å². The van der Waals surface area contributed by atoms with Crippen molar-refractivity contribution < 1.29 is 65.7 Å². The monoisotopic (exact) mass is 718 g/mol. The molecule has 6 rings (SSSR count). The molecule has 0 aliphatic carbocycles. The minimum atomic E-state index is -3.44. The highest BCUT2D eigenvalue weighted by atomic mass is 32.2. The standard InChI is InChI=1S/2C17H19N3O3S/c2*1-10-8-18-15(11(2)16(10)23-4)9-24(21)17-19-13-6-5-12(22-3)7-14(13)20-17/h2*5-8H,9H2,1-4H3,(H,19,20)/i1D3,2D3,3D3,4D3,8D,9D2;1D3,2D3,3D3,4D3,8D. The molecule has 0 fully saturated rings. The van der Waals surface area contributed by atoms with Crippen LogP contribution in [0, 0.1) is 27.4 Å². The fourth-order valence-corrected chi connectivity index (χ4v) is 5.72. The van der Waals surface area contributed by atoms with Crippen LogP contribution in [0.1, 0.15) is 72.0 Å². The van der Waals surface area contributed by atoms with Crippen molar-refractivity contribution in [3.63, 3.8) is 0 Å². The Bertz CT molecular complexity index is 3190. The number of fused-ring (bicyclic) bond motifs is 2. The lowest BCUT2D eigenvalue weighted by Gasteiger charge is -2.11. The Morgan fingerprint density at radius 2 is 1.23 bits per heavy atom. The summed E-state index contributed by atoms with van der Waals surface area (Å²) in [6.45, 7) is -13.0. The highest BCUT2D eigenvalue weighted by molar-refractivity contribution is 7.84. The molecule has 0 aliphatic rings. The molecule has 0 aliphatic heterocycles. The summed E-state index contributed by atoms with van der Waals surface area (Å²) >= 11 is 0. The first kappa shape index (κ1) is 13.6. The zero-order valence-electron chi connectivity index (χ0n) is 51.7. The molecule has 12 nitrogen and oxygen atoms in total. The Hall–Kier alpha value is -4.82. The van der Waals surface area contributed by atoms with Crippen LogP contribution in [-0.4, -0.2) is 66.5 Å². The van der Waals surface area contributed by atoms with Gasteiger partial charge in [0.25, 0.3) is 0 Å². The summed E-state index contributed by atoms with van der Waals surface area (Å²) in [7, 11) is -17.3. The van der Waals surface area contributed by atoms with Crippen molar-refractivity contribution in [1.82, 2.24) is 29.9 Å². The average Bonchev–Trinajstić information content (AvgIpc) is 3.80. The molecule has 2 aromatic carbocycles. The van der Waals surface area contributed by atoms with Crippen LogP contribution < -0.4 is 18.9 Å². The number of aromatic nitrogens is 6. The van der Waals surface area contributed by atoms with E-state index < -0.39 is 151 Å². The summed E-state index contributed by atoms with van der Waals surface area (Å²) < 4.78 is 259. The van der Waals surface area contributed by atoms with Gasteiger partial charge in [-0.25, -0.2) is 9.97 Å². The third-order valence-corrected chi connectivity index (χ3v) is 8.25. The van der Waals surface area contributed by atoms with Gasteiger partial charge in [0.15, 0.2) is 10.3 Å². The lowest BCUT2D eigenvalue weighted by atomic mass is 10.1. The fraction of sp³-hybridized carbons (Fsp3) is 0.294. The van der Waals surface area contributed by atoms with Gasteiger partial charge in [-0.3, -0.25) is 18.4 Å². The van der Waals surface area contributed by atoms with Gasteiger partial charge in [0.2, 0.25) is 0 Å². The number of ether oxygens (including phenoxy) is 4. The molecule has 0 spiro atoms. The van der Waals surface area contributed by atoms with E-state index in [0.717, 1.165) is 0 Å². The number of pyridine rings is 2. The minimum absolute atomic E-state index is 0.0228. The van der Waals surface area contributed by atoms with Gasteiger partial charge in [-0.1, -0.05) is 0 Å². The molecule has 6 aromatic rings. The molecule has 2 unspecified atom stereocenters. The Morgan fingerprint density at radius 3 is 1.75 bits per heavy atom. The maximum absolute atomic E-state index is 13.4. The van der Waals surface area contributed by atoms with Crippen molar-refractivity contribution >= 4 is 43.7 Å². The van der Waals surface area contributed by atoms with E-state index in [-0.39, 0.29) is 38.7 Å². The number of H-pyrrole nitrogens is 2. The number of imidazole rings is 2. The topological polar surface area (TPSA) is 154 Å². The van der Waals surface area contributed by atoms with Crippen LogP contribution in [-0.2, 0) is 33.1 Å². The van der Waals surface area contributed by atoms with Crippen molar-refractivity contribution in [2.24, 2.45) is 0 Å². The Labute approximate surface area is 322 Å². The molecule has 14 heteroatoms. The summed E-state index contributed by atoms with van der Waals surface area (Å²) in [6.07, 6.45) is -2.18. The van der Waals surface area contributed by atoms with E-state index in [1.165, 1.54) is 36.4 Å². The summed E-state index contributed by atoms with van der Waals surface area (Å²) in [6, 6.07) is 7.74. The maximum atomic E-state index is 13.4. The van der Waals surface area contributed by atoms with Crippen LogP contribution in [0.5, 0.6) is 23.0 Å². The predicted octanol–water partition coefficient (Wildman–Crippen LogP) is 5.80. The smallest absolute Gasteiger partial charge is 0.197 e. The first-order valence-electron chi connectivity index (χ1n) is 26.7. The summed E-state index contributed by atoms with van der Waals surface area (Å²) in [5.74, 6) is -3.23. The van der Waals surface area contributed by atoms with Crippen LogP contribution in [0.15, 0.2) is 59.1 Å². The molecular weight excluding hydrogens is 653 g/mol. The number of aromatic amines is 2. The van der Waals surface area contributed by atoms with Gasteiger partial charge in [-0.05, 0) is 51.7 Å². The Kier molecular flexibility index (Phi) is 4.23. The molecular formula is C34H38N6O6S2. The summed E-state index contributed by atoms with van der Waals surface area (Å²) in [5, 5.41) is -0.743. The second-order valence-corrected chi connectivity index (χ2v) is 11.6. The quantitative estimate of drug-likeness (QED) is 0.178. The lowest BCUT2D eigenvalue weighted by molar-refractivity contribution is 0.407. The zero-order valence-corrected chi connectivity index (χ0v) is 25.4. The second-order valence-electron chi connectivity index (χ2n) is 9.11. The molecule has 0 saturated carbocycles. The van der Waals surface area contributed by atoms with Gasteiger partial charge in [-0.2, -0.15) is 0 Å². The molecule has 2 atom stereocenters. The molecule has 2 N–H and O–H groups in total. The van der Waals surface area contributed by atoms with Crippen molar-refractivity contribution in [2.75, 3.05) is 28.2 Å². The van der Waals surface area contributed by atoms with Crippen LogP contribution in [0.4, 0.5) is 0 Å². The fourth-order valence-electron chi connectivity index (χ4n) is 3.90. The number of rotatable bonds is 10. The number of benzene rings is 2. The number of nitrogens with one attached hydrogen (secondary N) is 2. The summed E-state index contributed by atoms with van der Waals surface area (Å²) in [4.78, 5) is 20.6. The maximum Gasteiger partial charge on any atom is 0.197 e. The van der Waals surface area contributed by atoms with Gasteiger partial charge >= 0.3 is 0 Å². The van der Waals surface area contributed by atoms with Crippen molar-refractivity contribution in [2.45, 2.75) is 49.2 Å². The summed E-state index contributed by atoms with van der Waals surface area (Å²) in [5.41, 5.74) is -8.73. The Morgan fingerprint density at radius 1 is 0.708 bits per heavy atom. The highest BCUT2D eigenvalue weighted by Gasteiger charge is 2.18. The first-order valence-corrected chi connectivity index (χ1v) is 15.2. The van der Waals surface area contributed by atoms with E-state index in [1.54, 1.807) is 0 Å². The SMILES string of the molecule is [2H]c1nc(C([2H])([2H])S(=O)c2nc3ccc(OC([2H])([2H])[2H])cc3[nH]2)c(C([2H])([2H])[2H])c(OC([2H])([2H])[2H])c1C([2H])([2H])[2H].[2H]c1nc(CS(=O)c2nc3ccc(OC([2H])([2H])[2H])cc3[nH]2)c(C([2H])([2H])[2H])c(OC([2H])([2H])[2H])c1C([2H])([2H])[2H]. The van der Waals surface area contributed by atoms with E-state index in [2.05, 4.69) is 29.9 Å². The molecule has 4 aromatic heterocycles. The molecule has 0 bridgehead atoms. The number of hydrogen-bond donors (Lipinski definition) is 2. The minimum Gasteiger partial charge on any atom is -0.497 e. The van der Waals surface area contributed by atoms with E-state index in [4.69, 9.17) is 57.3 Å². The molecule has 0 radical (unpaired) electrons. The largest absolute Gasteiger partial charge is 0.497 e. The third kappa shape index (κ3) is 7.34. The van der Waals surface area contributed by atoms with Crippen LogP contribution >= 0.6 is 0 Å². The molecule has 48 heavy (non-hydrogen) atoms. The van der Waals surface area contributed by atoms with Gasteiger partial charge in [0.05, 0.1) is 114 Å². The van der Waals surface area contributed by atoms with Crippen LogP contribution in [0.25, 0.3) is 22.1 Å². The molecule has 0 amide bonds. The van der Waals surface area contributed by atoms with Gasteiger partial charge < -0.3 is 28.9 Å². The number of nitrogens with zero attached hydrogens (tertiary/aromatic N) is 4. The van der Waals surface area contributed by atoms with Crippen molar-refractivity contribution in [3.8, 4) is 23.0 Å². The van der Waals surface area contributed by atoms with E-state index >= 15 is 0 Å². The van der Waals surface area contributed by atoms with Gasteiger partial charge in [0.1, 0.15) is 23.0 Å². The molecule has 4 heterocycles. The molecule has 252 valence electrons. The molecule has 0 saturated heterocycles. The van der Waals surface area contributed by atoms with Crippen LogP contribution in [0.2, 0.25) is 0 Å². The van der Waals surface area contributed by atoms with E-state index in [1.807, 2.05) is 0 Å². The average molecular weight is 719 g/mol. The first-order chi connectivity index (χ1) is 34.1. The van der Waals surface area contributed by atoms with Crippen molar-refractivity contribution in [1.29, 1.82) is 0 Å². The number of methoxy groups -OCH3 is 4. The predicted molar refractivity (Wildman–Crippen MR) is 186 cm³/mol. The third-order valence-electron chi connectivity index (χ3n) is 6.17. The Balaban J connectivity index is 0.000000281. The second kappa shape index (κ2) is 14.9. The van der Waals surface area contributed by atoms with E-state index in [0.29, 0.717) is 0 Å². The van der Waals surface area contributed by atoms with Crippen LogP contribution in [0.3, 0.4) is 0 Å². The lowest BCUT2D eigenvalue weighted by Crippen LogP contribution is -2.05. The number of hydrogen-bond acceptors (Lipinski definition) is 10. The van der Waals surface area contributed by atoms with Crippen molar-refractivity contribution in [3.05, 3.63) is 82.4 Å². The zero-order chi connectivity index (χ0) is 58.1.